The minimum atomic E-state index is -2.54. The summed E-state index contributed by atoms with van der Waals surface area (Å²) in [6.45, 7) is 10.8. The topological polar surface area (TPSA) is 83.1 Å². The molecule has 44 heavy (non-hydrogen) atoms. The first kappa shape index (κ1) is 32.3. The van der Waals surface area contributed by atoms with Gasteiger partial charge >= 0.3 is 0 Å². The number of nitrogens with zero attached hydrogens (tertiary/aromatic N) is 2. The molecule has 3 aliphatic rings. The number of halogens is 2. The number of nitrogens with one attached hydrogen (secondary N) is 2. The Morgan fingerprint density at radius 1 is 1.05 bits per heavy atom. The Bertz CT molecular complexity index is 1280. The summed E-state index contributed by atoms with van der Waals surface area (Å²) in [6.07, 6.45) is -0.408. The minimum absolute atomic E-state index is 0.0532. The van der Waals surface area contributed by atoms with Crippen LogP contribution in [0.15, 0.2) is 36.4 Å². The number of carbonyl (C=O) groups is 2. The Labute approximate surface area is 259 Å². The standard InChI is InChI=1S/C34H46F2N4O4/c1-22-16-23(2)38-34(42)30(22)19-37-33(41)29-17-27(26-6-4-25(5-7-26)20-39-10-14-44-15-11-39)18-31(24(29)3)40(21-32(35)36)28-8-12-43-13-9-28/h4-7,17-18,22-23,28,30,32H,8-16,19-21H2,1-3H3,(H,37,41)(H,38,42). The maximum atomic E-state index is 14.0. The first-order valence-corrected chi connectivity index (χ1v) is 15.9. The molecular formula is C34H46F2N4O4. The van der Waals surface area contributed by atoms with Crippen molar-refractivity contribution < 1.29 is 27.8 Å². The number of anilines is 1. The third-order valence-corrected chi connectivity index (χ3v) is 9.32. The lowest BCUT2D eigenvalue weighted by atomic mass is 9.84. The van der Waals surface area contributed by atoms with Gasteiger partial charge in [0.15, 0.2) is 0 Å². The fourth-order valence-electron chi connectivity index (χ4n) is 6.79. The van der Waals surface area contributed by atoms with E-state index in [1.165, 1.54) is 5.56 Å². The van der Waals surface area contributed by atoms with Crippen molar-refractivity contribution in [3.63, 3.8) is 0 Å². The number of hydrogen-bond donors (Lipinski definition) is 2. The first-order chi connectivity index (χ1) is 21.2. The van der Waals surface area contributed by atoms with Crippen molar-refractivity contribution in [1.29, 1.82) is 0 Å². The van der Waals surface area contributed by atoms with E-state index < -0.39 is 13.0 Å². The molecule has 3 heterocycles. The van der Waals surface area contributed by atoms with E-state index in [-0.39, 0.29) is 42.3 Å². The average Bonchev–Trinajstić information content (AvgIpc) is 3.01. The molecule has 3 saturated heterocycles. The Balaban J connectivity index is 1.46. The smallest absolute Gasteiger partial charge is 0.255 e. The molecule has 0 aromatic heterocycles. The molecule has 0 aliphatic carbocycles. The molecule has 3 aliphatic heterocycles. The maximum Gasteiger partial charge on any atom is 0.255 e. The molecule has 5 rings (SSSR count). The monoisotopic (exact) mass is 612 g/mol. The second kappa shape index (κ2) is 14.8. The van der Waals surface area contributed by atoms with Crippen LogP contribution in [0.5, 0.6) is 0 Å². The molecule has 2 aromatic carbocycles. The second-order valence-electron chi connectivity index (χ2n) is 12.6. The van der Waals surface area contributed by atoms with Crippen molar-refractivity contribution in [3.8, 4) is 11.1 Å². The molecule has 0 saturated carbocycles. The van der Waals surface area contributed by atoms with Crippen molar-refractivity contribution in [2.75, 3.05) is 57.5 Å². The summed E-state index contributed by atoms with van der Waals surface area (Å²) in [4.78, 5) is 30.6. The summed E-state index contributed by atoms with van der Waals surface area (Å²) in [5.74, 6) is -0.553. The fourth-order valence-corrected chi connectivity index (χ4v) is 6.79. The Morgan fingerprint density at radius 3 is 2.39 bits per heavy atom. The van der Waals surface area contributed by atoms with Crippen molar-refractivity contribution in [2.24, 2.45) is 11.8 Å². The molecule has 0 bridgehead atoms. The third kappa shape index (κ3) is 7.95. The molecule has 8 nitrogen and oxygen atoms in total. The average molecular weight is 613 g/mol. The predicted octanol–water partition coefficient (Wildman–Crippen LogP) is 4.64. The van der Waals surface area contributed by atoms with Crippen LogP contribution < -0.4 is 15.5 Å². The highest BCUT2D eigenvalue weighted by molar-refractivity contribution is 5.99. The van der Waals surface area contributed by atoms with Crippen LogP contribution in [0, 0.1) is 18.8 Å². The van der Waals surface area contributed by atoms with E-state index in [4.69, 9.17) is 9.47 Å². The van der Waals surface area contributed by atoms with Gasteiger partial charge in [-0.25, -0.2) is 8.78 Å². The Morgan fingerprint density at radius 2 is 1.73 bits per heavy atom. The second-order valence-corrected chi connectivity index (χ2v) is 12.6. The van der Waals surface area contributed by atoms with E-state index in [0.29, 0.717) is 42.9 Å². The number of rotatable bonds is 10. The van der Waals surface area contributed by atoms with Crippen molar-refractivity contribution >= 4 is 17.5 Å². The molecule has 3 fully saturated rings. The van der Waals surface area contributed by atoms with Crippen LogP contribution in [0.25, 0.3) is 11.1 Å². The van der Waals surface area contributed by atoms with Crippen LogP contribution >= 0.6 is 0 Å². The minimum Gasteiger partial charge on any atom is -0.381 e. The molecule has 2 amide bonds. The Kier molecular flexibility index (Phi) is 10.9. The predicted molar refractivity (Wildman–Crippen MR) is 167 cm³/mol. The maximum absolute atomic E-state index is 14.0. The van der Waals surface area contributed by atoms with Gasteiger partial charge in [0, 0.05) is 62.7 Å². The summed E-state index contributed by atoms with van der Waals surface area (Å²) < 4.78 is 39.0. The third-order valence-electron chi connectivity index (χ3n) is 9.32. The van der Waals surface area contributed by atoms with Gasteiger partial charge in [-0.1, -0.05) is 31.2 Å². The van der Waals surface area contributed by atoms with Gasteiger partial charge in [-0.2, -0.15) is 0 Å². The molecule has 3 unspecified atom stereocenters. The highest BCUT2D eigenvalue weighted by atomic mass is 19.3. The summed E-state index contributed by atoms with van der Waals surface area (Å²) in [5, 5.41) is 5.99. The van der Waals surface area contributed by atoms with Crippen molar-refractivity contribution in [2.45, 2.75) is 65.1 Å². The van der Waals surface area contributed by atoms with Crippen LogP contribution in [0.2, 0.25) is 0 Å². The number of piperidine rings is 1. The van der Waals surface area contributed by atoms with Gasteiger partial charge in [0.1, 0.15) is 0 Å². The van der Waals surface area contributed by atoms with Gasteiger partial charge in [0.05, 0.1) is 25.7 Å². The SMILES string of the molecule is Cc1c(C(=O)NCC2C(=O)NC(C)CC2C)cc(-c2ccc(CN3CCOCC3)cc2)cc1N(CC(F)F)C1CCOCC1. The van der Waals surface area contributed by atoms with E-state index in [0.717, 1.165) is 50.4 Å². The van der Waals surface area contributed by atoms with Gasteiger partial charge in [0.2, 0.25) is 5.91 Å². The van der Waals surface area contributed by atoms with E-state index >= 15 is 0 Å². The molecular weight excluding hydrogens is 566 g/mol. The molecule has 2 aromatic rings. The zero-order valence-electron chi connectivity index (χ0n) is 26.1. The van der Waals surface area contributed by atoms with Gasteiger partial charge in [-0.3, -0.25) is 14.5 Å². The van der Waals surface area contributed by atoms with E-state index in [1.807, 2.05) is 45.0 Å². The molecule has 0 spiro atoms. The summed E-state index contributed by atoms with van der Waals surface area (Å²) >= 11 is 0. The zero-order chi connectivity index (χ0) is 31.2. The number of morpholine rings is 1. The number of benzene rings is 2. The van der Waals surface area contributed by atoms with E-state index in [1.54, 1.807) is 4.90 Å². The molecule has 240 valence electrons. The fraction of sp³-hybridized carbons (Fsp3) is 0.588. The van der Waals surface area contributed by atoms with Crippen molar-refractivity contribution in [3.05, 3.63) is 53.1 Å². The molecule has 0 radical (unpaired) electrons. The zero-order valence-corrected chi connectivity index (χ0v) is 26.1. The summed E-state index contributed by atoms with van der Waals surface area (Å²) in [7, 11) is 0. The highest BCUT2D eigenvalue weighted by Gasteiger charge is 2.33. The van der Waals surface area contributed by atoms with Crippen LogP contribution in [0.1, 0.15) is 54.6 Å². The lowest BCUT2D eigenvalue weighted by Crippen LogP contribution is -2.50. The Hall–Kier alpha value is -3.08. The summed E-state index contributed by atoms with van der Waals surface area (Å²) in [5.41, 5.74) is 4.59. The van der Waals surface area contributed by atoms with Crippen molar-refractivity contribution in [1.82, 2.24) is 15.5 Å². The lowest BCUT2D eigenvalue weighted by Gasteiger charge is -2.37. The van der Waals surface area contributed by atoms with Gasteiger partial charge < -0.3 is 25.0 Å². The van der Waals surface area contributed by atoms with Gasteiger partial charge in [0.25, 0.3) is 12.3 Å². The molecule has 2 N–H and O–H groups in total. The van der Waals surface area contributed by atoms with Gasteiger partial charge in [-0.15, -0.1) is 0 Å². The van der Waals surface area contributed by atoms with Gasteiger partial charge in [-0.05, 0) is 73.4 Å². The number of ether oxygens (including phenoxy) is 2. The van der Waals surface area contributed by atoms with Crippen LogP contribution in [-0.2, 0) is 20.8 Å². The largest absolute Gasteiger partial charge is 0.381 e. The van der Waals surface area contributed by atoms with Crippen LogP contribution in [0.3, 0.4) is 0 Å². The highest BCUT2D eigenvalue weighted by Crippen LogP contribution is 2.35. The van der Waals surface area contributed by atoms with E-state index in [9.17, 15) is 18.4 Å². The normalized spacial score (nSPS) is 23.4. The number of hydrogen-bond acceptors (Lipinski definition) is 6. The molecule has 3 atom stereocenters. The summed E-state index contributed by atoms with van der Waals surface area (Å²) in [6, 6.07) is 12.0. The number of alkyl halides is 2. The number of amides is 2. The van der Waals surface area contributed by atoms with Crippen LogP contribution in [0.4, 0.5) is 14.5 Å². The van der Waals surface area contributed by atoms with Crippen LogP contribution in [-0.4, -0.2) is 87.8 Å². The first-order valence-electron chi connectivity index (χ1n) is 15.9. The quantitative estimate of drug-likeness (QED) is 0.407. The van der Waals surface area contributed by atoms with E-state index in [2.05, 4.69) is 27.7 Å². The molecule has 10 heteroatoms. The number of carbonyl (C=O) groups excluding carboxylic acids is 2. The lowest BCUT2D eigenvalue weighted by molar-refractivity contribution is -0.129.